The Bertz CT molecular complexity index is 830. The third-order valence-electron chi connectivity index (χ3n) is 8.52. The van der Waals surface area contributed by atoms with E-state index in [1.54, 1.807) is 27.5 Å². The van der Waals surface area contributed by atoms with Gasteiger partial charge in [0.15, 0.2) is 7.37 Å². The number of cyclic esters (lactones) is 1. The van der Waals surface area contributed by atoms with Crippen molar-refractivity contribution in [3.05, 3.63) is 11.6 Å². The maximum atomic E-state index is 13.3. The Balaban J connectivity index is 2.07. The molecule has 0 radical (unpaired) electrons. The summed E-state index contributed by atoms with van der Waals surface area (Å²) in [7, 11) is 0.803. The van der Waals surface area contributed by atoms with E-state index in [1.807, 2.05) is 13.0 Å². The highest BCUT2D eigenvalue weighted by atomic mass is 31.2. The molecule has 214 valence electrons. The number of allylic oxidation sites excluding steroid dienone is 1. The lowest BCUT2D eigenvalue weighted by Crippen LogP contribution is -2.43. The van der Waals surface area contributed by atoms with Crippen molar-refractivity contribution in [3.8, 4) is 0 Å². The molecule has 0 N–H and O–H groups in total. The topological polar surface area (TPSA) is 88.1 Å². The number of carbonyl (C=O) groups excluding carboxylic acids is 2. The minimum absolute atomic E-state index is 0.0995. The van der Waals surface area contributed by atoms with Crippen LogP contribution in [0.4, 0.5) is 0 Å². The van der Waals surface area contributed by atoms with E-state index in [9.17, 15) is 14.2 Å². The van der Waals surface area contributed by atoms with Gasteiger partial charge in [0.2, 0.25) is 0 Å². The van der Waals surface area contributed by atoms with Crippen LogP contribution in [0.3, 0.4) is 0 Å². The lowest BCUT2D eigenvalue weighted by Gasteiger charge is -2.41. The molecule has 2 fully saturated rings. The van der Waals surface area contributed by atoms with Crippen LogP contribution in [-0.2, 0) is 32.9 Å². The van der Waals surface area contributed by atoms with Gasteiger partial charge in [0.05, 0.1) is 18.3 Å². The summed E-state index contributed by atoms with van der Waals surface area (Å²) in [6.45, 7) is 13.6. The fraction of sp³-hybridized carbons (Fsp3) is 0.862. The van der Waals surface area contributed by atoms with Gasteiger partial charge in [0, 0.05) is 52.2 Å². The first-order valence-corrected chi connectivity index (χ1v) is 16.5. The highest BCUT2D eigenvalue weighted by Gasteiger charge is 2.41. The van der Waals surface area contributed by atoms with E-state index >= 15 is 0 Å². The molecular formula is C29H51O7P. The number of hydrogen-bond acceptors (Lipinski definition) is 7. The molecule has 2 aliphatic rings. The third-order valence-corrected chi connectivity index (χ3v) is 9.30. The van der Waals surface area contributed by atoms with Gasteiger partial charge in [0.25, 0.3) is 0 Å². The summed E-state index contributed by atoms with van der Waals surface area (Å²) in [5, 5.41) is 0. The predicted octanol–water partition coefficient (Wildman–Crippen LogP) is 6.29. The zero-order valence-electron chi connectivity index (χ0n) is 24.5. The molecule has 1 saturated heterocycles. The summed E-state index contributed by atoms with van der Waals surface area (Å²) in [5.74, 6) is 0.515. The normalized spacial score (nSPS) is 31.9. The second kappa shape index (κ2) is 14.4. The first-order chi connectivity index (χ1) is 17.3. The van der Waals surface area contributed by atoms with Crippen molar-refractivity contribution in [3.63, 3.8) is 0 Å². The summed E-state index contributed by atoms with van der Waals surface area (Å²) in [6, 6.07) is 0. The fourth-order valence-electron chi connectivity index (χ4n) is 6.18. The number of rotatable bonds is 13. The maximum Gasteiger partial charge on any atom is 0.306 e. The molecule has 0 aromatic rings. The van der Waals surface area contributed by atoms with Gasteiger partial charge < -0.3 is 18.7 Å². The molecule has 1 aliphatic carbocycles. The van der Waals surface area contributed by atoms with E-state index in [0.29, 0.717) is 12.3 Å². The summed E-state index contributed by atoms with van der Waals surface area (Å²) in [6.07, 6.45) is 6.46. The summed E-state index contributed by atoms with van der Waals surface area (Å²) < 4.78 is 35.2. The zero-order valence-corrected chi connectivity index (χ0v) is 25.4. The Labute approximate surface area is 224 Å². The zero-order chi connectivity index (χ0) is 27.9. The minimum Gasteiger partial charge on any atom is -0.462 e. The van der Waals surface area contributed by atoms with Crippen LogP contribution < -0.4 is 0 Å². The predicted molar refractivity (Wildman–Crippen MR) is 147 cm³/mol. The monoisotopic (exact) mass is 542 g/mol. The Kier molecular flexibility index (Phi) is 12.5. The van der Waals surface area contributed by atoms with Crippen LogP contribution in [0, 0.1) is 29.6 Å². The lowest BCUT2D eigenvalue weighted by molar-refractivity contribution is -0.165. The smallest absolute Gasteiger partial charge is 0.306 e. The molecule has 2 rings (SSSR count). The van der Waals surface area contributed by atoms with Gasteiger partial charge in [-0.15, -0.1) is 0 Å². The molecule has 7 nitrogen and oxygen atoms in total. The first-order valence-electron chi connectivity index (χ1n) is 14.0. The molecule has 8 heteroatoms. The molecule has 1 saturated carbocycles. The number of ether oxygens (including phenoxy) is 3. The van der Waals surface area contributed by atoms with Crippen molar-refractivity contribution >= 4 is 19.1 Å². The molecule has 0 aromatic carbocycles. The summed E-state index contributed by atoms with van der Waals surface area (Å²) in [5.41, 5.74) is 1.15. The Morgan fingerprint density at radius 3 is 2.43 bits per heavy atom. The van der Waals surface area contributed by atoms with Crippen LogP contribution in [0.1, 0.15) is 79.6 Å². The van der Waals surface area contributed by atoms with Crippen LogP contribution >= 0.6 is 7.37 Å². The Morgan fingerprint density at radius 2 is 1.86 bits per heavy atom. The van der Waals surface area contributed by atoms with Gasteiger partial charge in [-0.05, 0) is 56.8 Å². The van der Waals surface area contributed by atoms with Crippen molar-refractivity contribution in [1.29, 1.82) is 0 Å². The van der Waals surface area contributed by atoms with E-state index in [0.717, 1.165) is 37.7 Å². The first kappa shape index (κ1) is 32.2. The lowest BCUT2D eigenvalue weighted by atomic mass is 9.72. The molecular weight excluding hydrogens is 491 g/mol. The second-order valence-electron chi connectivity index (χ2n) is 11.8. The number of esters is 1. The number of hydrogen-bond donors (Lipinski definition) is 0. The van der Waals surface area contributed by atoms with Crippen molar-refractivity contribution in [2.24, 2.45) is 29.6 Å². The number of ketones is 1. The average Bonchev–Trinajstić information content (AvgIpc) is 2.81. The van der Waals surface area contributed by atoms with Crippen LogP contribution in [0.5, 0.6) is 0 Å². The molecule has 37 heavy (non-hydrogen) atoms. The van der Waals surface area contributed by atoms with E-state index in [4.69, 9.17) is 18.7 Å². The Morgan fingerprint density at radius 1 is 1.19 bits per heavy atom. The molecule has 0 aromatic heterocycles. The molecule has 1 unspecified atom stereocenters. The second-order valence-corrected chi connectivity index (χ2v) is 14.5. The van der Waals surface area contributed by atoms with Crippen LogP contribution in [0.2, 0.25) is 0 Å². The molecule has 0 bridgehead atoms. The highest BCUT2D eigenvalue weighted by Crippen LogP contribution is 2.45. The van der Waals surface area contributed by atoms with Crippen molar-refractivity contribution in [2.75, 3.05) is 27.5 Å². The van der Waals surface area contributed by atoms with Crippen LogP contribution in [-0.4, -0.2) is 63.7 Å². The van der Waals surface area contributed by atoms with Gasteiger partial charge in [-0.25, -0.2) is 0 Å². The van der Waals surface area contributed by atoms with Crippen molar-refractivity contribution in [1.82, 2.24) is 0 Å². The highest BCUT2D eigenvalue weighted by molar-refractivity contribution is 7.57. The number of carbonyl (C=O) groups is 2. The van der Waals surface area contributed by atoms with Gasteiger partial charge in [-0.1, -0.05) is 39.3 Å². The summed E-state index contributed by atoms with van der Waals surface area (Å²) in [4.78, 5) is 25.6. The SMILES string of the molecule is CC[C@H](OC)[C@H](C)/C(C)=C/[C@@H](C)C(=O)C[C@@H]1OC(=O)CC(C)[C@@H]1C[C@@H]1CC[C@@H](OP(C)(C)=O)[C@H](OC)C1. The van der Waals surface area contributed by atoms with Crippen LogP contribution in [0.15, 0.2) is 11.6 Å². The van der Waals surface area contributed by atoms with Gasteiger partial charge >= 0.3 is 5.97 Å². The molecule has 0 amide bonds. The summed E-state index contributed by atoms with van der Waals surface area (Å²) >= 11 is 0. The molecule has 1 heterocycles. The molecule has 9 atom stereocenters. The largest absolute Gasteiger partial charge is 0.462 e. The van der Waals surface area contributed by atoms with E-state index in [1.165, 1.54) is 0 Å². The van der Waals surface area contributed by atoms with E-state index in [-0.39, 0.29) is 60.2 Å². The van der Waals surface area contributed by atoms with Crippen LogP contribution in [0.25, 0.3) is 0 Å². The van der Waals surface area contributed by atoms with Gasteiger partial charge in [0.1, 0.15) is 11.9 Å². The standard InChI is InChI=1S/C29H51O7P/c1-10-25(33-6)21(5)18(2)13-20(4)24(30)17-27-23(19(3)14-29(31)35-27)15-22-11-12-26(28(16-22)34-7)36-37(8,9)32/h13,19-23,25-28H,10-12,14-17H2,1-9H3/b18-13+/t19?,20-,21-,22+,23+,25+,26-,27+,28-/m1/s1. The quantitative estimate of drug-likeness (QED) is 0.154. The molecule has 1 aliphatic heterocycles. The van der Waals surface area contributed by atoms with Crippen molar-refractivity contribution < 1.29 is 32.9 Å². The van der Waals surface area contributed by atoms with E-state index < -0.39 is 13.5 Å². The third kappa shape index (κ3) is 9.60. The minimum atomic E-state index is -2.60. The number of Topliss-reactive ketones (excluding diaryl/α,β-unsaturated/α-hetero) is 1. The van der Waals surface area contributed by atoms with E-state index in [2.05, 4.69) is 27.7 Å². The van der Waals surface area contributed by atoms with Gasteiger partial charge in [-0.3, -0.25) is 14.2 Å². The fourth-order valence-corrected chi connectivity index (χ4v) is 7.07. The molecule has 0 spiro atoms. The average molecular weight is 543 g/mol. The Hall–Kier alpha value is -1.01. The van der Waals surface area contributed by atoms with Crippen molar-refractivity contribution in [2.45, 2.75) is 104 Å². The maximum absolute atomic E-state index is 13.3. The van der Waals surface area contributed by atoms with Gasteiger partial charge in [-0.2, -0.15) is 0 Å². The number of methoxy groups -OCH3 is 2.